The lowest BCUT2D eigenvalue weighted by atomic mass is 9.96. The minimum Gasteiger partial charge on any atom is -0.481 e. The van der Waals surface area contributed by atoms with Gasteiger partial charge in [0.25, 0.3) is 0 Å². The fraction of sp³-hybridized carbons (Fsp3) is 0.867. The fourth-order valence-corrected chi connectivity index (χ4v) is 2.63. The Morgan fingerprint density at radius 1 is 1.33 bits per heavy atom. The number of carboxylic acids is 1. The average molecular weight is 296 g/mol. The van der Waals surface area contributed by atoms with Crippen LogP contribution < -0.4 is 0 Å². The number of tetrazole rings is 1. The van der Waals surface area contributed by atoms with E-state index in [1.807, 2.05) is 13.8 Å². The van der Waals surface area contributed by atoms with Crippen molar-refractivity contribution in [2.45, 2.75) is 72.3 Å². The summed E-state index contributed by atoms with van der Waals surface area (Å²) in [6.07, 6.45) is 4.95. The lowest BCUT2D eigenvalue weighted by Crippen LogP contribution is -2.24. The minimum atomic E-state index is -0.772. The smallest absolute Gasteiger partial charge is 0.308 e. The SMILES string of the molecule is CCCCC(CC)c1nnnn1CC(CC(C)C)C(=O)O. The largest absolute Gasteiger partial charge is 0.481 e. The highest BCUT2D eigenvalue weighted by Gasteiger charge is 2.24. The van der Waals surface area contributed by atoms with Crippen molar-refractivity contribution in [3.63, 3.8) is 0 Å². The summed E-state index contributed by atoms with van der Waals surface area (Å²) in [4.78, 5) is 11.4. The lowest BCUT2D eigenvalue weighted by molar-refractivity contribution is -0.142. The summed E-state index contributed by atoms with van der Waals surface area (Å²) >= 11 is 0. The van der Waals surface area contributed by atoms with E-state index >= 15 is 0 Å². The van der Waals surface area contributed by atoms with Crippen LogP contribution in [0.2, 0.25) is 0 Å². The zero-order valence-electron chi connectivity index (χ0n) is 13.6. The van der Waals surface area contributed by atoms with Gasteiger partial charge < -0.3 is 5.11 Å². The molecule has 1 rings (SSSR count). The Kier molecular flexibility index (Phi) is 7.32. The number of carbonyl (C=O) groups is 1. The van der Waals surface area contributed by atoms with Crippen molar-refractivity contribution in [1.29, 1.82) is 0 Å². The van der Waals surface area contributed by atoms with Crippen LogP contribution in [0.25, 0.3) is 0 Å². The molecule has 0 fully saturated rings. The molecule has 1 aromatic rings. The molecule has 0 aliphatic carbocycles. The molecule has 2 atom stereocenters. The Morgan fingerprint density at radius 2 is 2.05 bits per heavy atom. The van der Waals surface area contributed by atoms with Crippen LogP contribution in [0.5, 0.6) is 0 Å². The first-order valence-corrected chi connectivity index (χ1v) is 7.98. The van der Waals surface area contributed by atoms with Crippen LogP contribution in [0.4, 0.5) is 0 Å². The quantitative estimate of drug-likeness (QED) is 0.717. The molecule has 0 amide bonds. The van der Waals surface area contributed by atoms with Gasteiger partial charge in [-0.2, -0.15) is 0 Å². The fourth-order valence-electron chi connectivity index (χ4n) is 2.63. The van der Waals surface area contributed by atoms with E-state index in [-0.39, 0.29) is 0 Å². The minimum absolute atomic E-state index is 0.313. The van der Waals surface area contributed by atoms with Crippen LogP contribution in [0.3, 0.4) is 0 Å². The molecule has 6 heteroatoms. The predicted octanol–water partition coefficient (Wildman–Crippen LogP) is 3.10. The number of aliphatic carboxylic acids is 1. The highest BCUT2D eigenvalue weighted by Crippen LogP contribution is 2.24. The maximum atomic E-state index is 11.4. The second-order valence-electron chi connectivity index (χ2n) is 6.13. The Labute approximate surface area is 126 Å². The Morgan fingerprint density at radius 3 is 2.57 bits per heavy atom. The second kappa shape index (κ2) is 8.74. The molecule has 2 unspecified atom stereocenters. The number of unbranched alkanes of at least 4 members (excludes halogenated alkanes) is 1. The summed E-state index contributed by atoms with van der Waals surface area (Å²) in [5.74, 6) is 0.283. The number of aromatic nitrogens is 4. The molecule has 6 nitrogen and oxygen atoms in total. The molecule has 1 heterocycles. The van der Waals surface area contributed by atoms with Crippen LogP contribution in [0.15, 0.2) is 0 Å². The highest BCUT2D eigenvalue weighted by atomic mass is 16.4. The molecule has 0 radical (unpaired) electrons. The molecule has 0 aliphatic rings. The first-order chi connectivity index (χ1) is 9.99. The first-order valence-electron chi connectivity index (χ1n) is 7.98. The zero-order chi connectivity index (χ0) is 15.8. The van der Waals surface area contributed by atoms with Gasteiger partial charge in [0.2, 0.25) is 0 Å². The van der Waals surface area contributed by atoms with E-state index in [2.05, 4.69) is 29.4 Å². The molecule has 120 valence electrons. The second-order valence-corrected chi connectivity index (χ2v) is 6.13. The number of nitrogens with zero attached hydrogens (tertiary/aromatic N) is 4. The summed E-state index contributed by atoms with van der Waals surface area (Å²) in [5, 5.41) is 21.3. The van der Waals surface area contributed by atoms with Crippen molar-refractivity contribution in [3.8, 4) is 0 Å². The molecule has 1 aromatic heterocycles. The van der Waals surface area contributed by atoms with Gasteiger partial charge in [-0.05, 0) is 35.6 Å². The van der Waals surface area contributed by atoms with E-state index in [1.54, 1.807) is 4.68 Å². The third kappa shape index (κ3) is 5.44. The summed E-state index contributed by atoms with van der Waals surface area (Å²) in [6, 6.07) is 0. The summed E-state index contributed by atoms with van der Waals surface area (Å²) in [5.41, 5.74) is 0. The van der Waals surface area contributed by atoms with Gasteiger partial charge in [-0.25, -0.2) is 4.68 Å². The number of hydrogen-bond donors (Lipinski definition) is 1. The summed E-state index contributed by atoms with van der Waals surface area (Å²) in [7, 11) is 0. The zero-order valence-corrected chi connectivity index (χ0v) is 13.6. The number of hydrogen-bond acceptors (Lipinski definition) is 4. The van der Waals surface area contributed by atoms with E-state index < -0.39 is 11.9 Å². The molecular formula is C15H28N4O2. The molecule has 0 bridgehead atoms. The molecule has 21 heavy (non-hydrogen) atoms. The van der Waals surface area contributed by atoms with Gasteiger partial charge >= 0.3 is 5.97 Å². The molecule has 0 saturated heterocycles. The molecule has 1 N–H and O–H groups in total. The van der Waals surface area contributed by atoms with Crippen molar-refractivity contribution in [2.24, 2.45) is 11.8 Å². The molecule has 0 aromatic carbocycles. The van der Waals surface area contributed by atoms with Crippen LogP contribution in [0, 0.1) is 11.8 Å². The van der Waals surface area contributed by atoms with E-state index in [0.717, 1.165) is 31.5 Å². The highest BCUT2D eigenvalue weighted by molar-refractivity contribution is 5.69. The van der Waals surface area contributed by atoms with Crippen molar-refractivity contribution in [3.05, 3.63) is 5.82 Å². The first kappa shape index (κ1) is 17.6. The normalized spacial score (nSPS) is 14.3. The van der Waals surface area contributed by atoms with Crippen molar-refractivity contribution in [1.82, 2.24) is 20.2 Å². The number of carboxylic acid groups (broad SMARTS) is 1. The summed E-state index contributed by atoms with van der Waals surface area (Å²) in [6.45, 7) is 8.72. The lowest BCUT2D eigenvalue weighted by Gasteiger charge is -2.18. The van der Waals surface area contributed by atoms with E-state index in [4.69, 9.17) is 0 Å². The third-order valence-corrected chi connectivity index (χ3v) is 3.82. The van der Waals surface area contributed by atoms with Gasteiger partial charge in [0.15, 0.2) is 5.82 Å². The van der Waals surface area contributed by atoms with Gasteiger partial charge in [-0.1, -0.05) is 40.5 Å². The van der Waals surface area contributed by atoms with Gasteiger partial charge in [0, 0.05) is 5.92 Å². The Bertz CT molecular complexity index is 431. The summed E-state index contributed by atoms with van der Waals surface area (Å²) < 4.78 is 1.70. The average Bonchev–Trinajstić information content (AvgIpc) is 2.86. The van der Waals surface area contributed by atoms with Crippen LogP contribution in [-0.2, 0) is 11.3 Å². The van der Waals surface area contributed by atoms with Gasteiger partial charge in [-0.15, -0.1) is 5.10 Å². The van der Waals surface area contributed by atoms with Gasteiger partial charge in [-0.3, -0.25) is 4.79 Å². The molecule has 0 saturated carbocycles. The van der Waals surface area contributed by atoms with Gasteiger partial charge in [0.05, 0.1) is 12.5 Å². The van der Waals surface area contributed by atoms with Crippen molar-refractivity contribution >= 4 is 5.97 Å². The molecule has 0 spiro atoms. The van der Waals surface area contributed by atoms with Crippen LogP contribution in [0.1, 0.15) is 71.5 Å². The maximum Gasteiger partial charge on any atom is 0.308 e. The monoisotopic (exact) mass is 296 g/mol. The maximum absolute atomic E-state index is 11.4. The standard InChI is InChI=1S/C15H28N4O2/c1-5-7-8-12(6-2)14-16-17-18-19(14)10-13(15(20)21)9-11(3)4/h11-13H,5-10H2,1-4H3,(H,20,21). The van der Waals surface area contributed by atoms with Gasteiger partial charge in [0.1, 0.15) is 0 Å². The molecule has 0 aliphatic heterocycles. The third-order valence-electron chi connectivity index (χ3n) is 3.82. The Hall–Kier alpha value is -1.46. The number of rotatable bonds is 10. The van der Waals surface area contributed by atoms with Crippen molar-refractivity contribution < 1.29 is 9.90 Å². The van der Waals surface area contributed by atoms with Crippen LogP contribution in [-0.4, -0.2) is 31.3 Å². The Balaban J connectivity index is 2.83. The van der Waals surface area contributed by atoms with Crippen LogP contribution >= 0.6 is 0 Å². The van der Waals surface area contributed by atoms with E-state index in [9.17, 15) is 9.90 Å². The van der Waals surface area contributed by atoms with Crippen molar-refractivity contribution in [2.75, 3.05) is 0 Å². The molecular weight excluding hydrogens is 268 g/mol. The van der Waals surface area contributed by atoms with E-state index in [1.165, 1.54) is 0 Å². The predicted molar refractivity (Wildman–Crippen MR) is 81.0 cm³/mol. The van der Waals surface area contributed by atoms with E-state index in [0.29, 0.717) is 24.8 Å². The topological polar surface area (TPSA) is 80.9 Å².